The Bertz CT molecular complexity index is 1040. The Kier molecular flexibility index (Phi) is 8.28. The lowest BCUT2D eigenvalue weighted by molar-refractivity contribution is -0.159. The molecule has 0 atom stereocenters. The van der Waals surface area contributed by atoms with Crippen LogP contribution in [0.5, 0.6) is 0 Å². The van der Waals surface area contributed by atoms with Crippen molar-refractivity contribution >= 4 is 11.9 Å². The van der Waals surface area contributed by atoms with Crippen molar-refractivity contribution in [3.63, 3.8) is 0 Å². The van der Waals surface area contributed by atoms with Gasteiger partial charge in [-0.1, -0.05) is 6.07 Å². The zero-order valence-electron chi connectivity index (χ0n) is 25.2. The molecule has 39 heavy (non-hydrogen) atoms. The Morgan fingerprint density at radius 3 is 1.67 bits per heavy atom. The van der Waals surface area contributed by atoms with Crippen LogP contribution in [0.1, 0.15) is 129 Å². The summed E-state index contributed by atoms with van der Waals surface area (Å²) in [4.78, 5) is 25.9. The summed E-state index contributed by atoms with van der Waals surface area (Å²) in [6.07, 6.45) is 5.68. The summed E-state index contributed by atoms with van der Waals surface area (Å²) in [7, 11) is 0. The second-order valence-corrected chi connectivity index (χ2v) is 15.0. The van der Waals surface area contributed by atoms with Crippen molar-refractivity contribution in [3.05, 3.63) is 35.1 Å². The van der Waals surface area contributed by atoms with Gasteiger partial charge < -0.3 is 20.1 Å². The van der Waals surface area contributed by atoms with Crippen LogP contribution < -0.4 is 10.6 Å². The van der Waals surface area contributed by atoms with E-state index in [1.54, 1.807) is 6.07 Å². The van der Waals surface area contributed by atoms with Crippen LogP contribution in [-0.2, 0) is 14.3 Å². The number of benzene rings is 1. The lowest BCUT2D eigenvalue weighted by atomic mass is 9.78. The zero-order valence-corrected chi connectivity index (χ0v) is 25.2. The molecule has 2 heterocycles. The van der Waals surface area contributed by atoms with Gasteiger partial charge in [-0.15, -0.1) is 0 Å². The van der Waals surface area contributed by atoms with Crippen molar-refractivity contribution in [1.82, 2.24) is 10.6 Å². The van der Waals surface area contributed by atoms with E-state index in [2.05, 4.69) is 66.0 Å². The van der Waals surface area contributed by atoms with E-state index in [0.29, 0.717) is 12.8 Å². The SMILES string of the molecule is CC1(C)CC(OC(=O)c2ccc(C3CCC(C(=O)OC4CC(C)(C)NC(C)(C)C4)CC3)cc2F)CC(C)(C)N1. The van der Waals surface area contributed by atoms with Crippen LogP contribution in [-0.4, -0.2) is 46.3 Å². The standard InChI is InChI=1S/C32H49FN2O4/c1-29(2)16-23(17-30(3,4)34-29)38-27(36)21-11-9-20(10-12-21)22-13-14-25(26(33)15-22)28(37)39-24-18-31(5,6)35-32(7,8)19-24/h13-15,20-21,23-24,34-35H,9-12,16-19H2,1-8H3. The number of rotatable bonds is 5. The predicted molar refractivity (Wildman–Crippen MR) is 151 cm³/mol. The molecule has 1 aliphatic carbocycles. The van der Waals surface area contributed by atoms with Gasteiger partial charge in [0.15, 0.2) is 0 Å². The van der Waals surface area contributed by atoms with Crippen molar-refractivity contribution in [2.45, 2.75) is 147 Å². The van der Waals surface area contributed by atoms with Crippen LogP contribution in [0.25, 0.3) is 0 Å². The molecule has 218 valence electrons. The molecule has 0 unspecified atom stereocenters. The Labute approximate surface area is 234 Å². The normalized spacial score (nSPS) is 28.4. The van der Waals surface area contributed by atoms with Gasteiger partial charge in [0.05, 0.1) is 11.5 Å². The molecular formula is C32H49FN2O4. The first-order valence-corrected chi connectivity index (χ1v) is 14.7. The molecule has 1 aromatic rings. The van der Waals surface area contributed by atoms with Gasteiger partial charge in [-0.3, -0.25) is 4.79 Å². The minimum absolute atomic E-state index is 0.0158. The number of carbonyl (C=O) groups is 2. The molecule has 0 spiro atoms. The smallest absolute Gasteiger partial charge is 0.341 e. The van der Waals surface area contributed by atoms with E-state index < -0.39 is 11.8 Å². The summed E-state index contributed by atoms with van der Waals surface area (Å²) < 4.78 is 26.9. The average molecular weight is 545 g/mol. The van der Waals surface area contributed by atoms with Crippen molar-refractivity contribution in [2.75, 3.05) is 0 Å². The van der Waals surface area contributed by atoms with Gasteiger partial charge in [-0.25, -0.2) is 9.18 Å². The van der Waals surface area contributed by atoms with Crippen molar-refractivity contribution in [3.8, 4) is 0 Å². The minimum atomic E-state index is -0.603. The second kappa shape index (κ2) is 10.8. The van der Waals surface area contributed by atoms with Gasteiger partial charge in [0.1, 0.15) is 18.0 Å². The third-order valence-corrected chi connectivity index (χ3v) is 8.61. The molecule has 2 saturated heterocycles. The molecule has 2 N–H and O–H groups in total. The number of ether oxygens (including phenoxy) is 2. The summed E-state index contributed by atoms with van der Waals surface area (Å²) in [5.41, 5.74) is 0.379. The number of nitrogens with one attached hydrogen (secondary N) is 2. The van der Waals surface area contributed by atoms with E-state index in [1.807, 2.05) is 6.07 Å². The van der Waals surface area contributed by atoms with E-state index in [-0.39, 0.29) is 57.7 Å². The zero-order chi connectivity index (χ0) is 28.8. The fourth-order valence-electron chi connectivity index (χ4n) is 7.71. The molecule has 0 amide bonds. The van der Waals surface area contributed by atoms with Gasteiger partial charge in [0.25, 0.3) is 0 Å². The van der Waals surface area contributed by atoms with Crippen LogP contribution in [0, 0.1) is 11.7 Å². The van der Waals surface area contributed by atoms with Gasteiger partial charge >= 0.3 is 11.9 Å². The fraction of sp³-hybridized carbons (Fsp3) is 0.750. The monoisotopic (exact) mass is 544 g/mol. The number of esters is 2. The molecular weight excluding hydrogens is 495 g/mol. The predicted octanol–water partition coefficient (Wildman–Crippen LogP) is 6.42. The quantitative estimate of drug-likeness (QED) is 0.417. The molecule has 7 heteroatoms. The molecule has 1 aromatic carbocycles. The maximum atomic E-state index is 15.1. The Balaban J connectivity index is 1.31. The Morgan fingerprint density at radius 1 is 0.744 bits per heavy atom. The number of piperidine rings is 2. The highest BCUT2D eigenvalue weighted by atomic mass is 19.1. The summed E-state index contributed by atoms with van der Waals surface area (Å²) >= 11 is 0. The van der Waals surface area contributed by atoms with Gasteiger partial charge in [-0.2, -0.15) is 0 Å². The van der Waals surface area contributed by atoms with E-state index >= 15 is 4.39 Å². The number of halogens is 1. The second-order valence-electron chi connectivity index (χ2n) is 15.0. The van der Waals surface area contributed by atoms with E-state index in [0.717, 1.165) is 44.1 Å². The first kappa shape index (κ1) is 30.0. The van der Waals surface area contributed by atoms with Crippen molar-refractivity contribution in [1.29, 1.82) is 0 Å². The Hall–Kier alpha value is -1.99. The highest BCUT2D eigenvalue weighted by Gasteiger charge is 2.41. The van der Waals surface area contributed by atoms with Gasteiger partial charge in [0, 0.05) is 47.8 Å². The molecule has 4 rings (SSSR count). The van der Waals surface area contributed by atoms with Gasteiger partial charge in [-0.05, 0) is 105 Å². The minimum Gasteiger partial charge on any atom is -0.462 e. The van der Waals surface area contributed by atoms with Crippen LogP contribution in [0.15, 0.2) is 18.2 Å². The summed E-state index contributed by atoms with van der Waals surface area (Å²) in [6, 6.07) is 4.89. The molecule has 3 fully saturated rings. The van der Waals surface area contributed by atoms with E-state index in [1.165, 1.54) is 6.07 Å². The summed E-state index contributed by atoms with van der Waals surface area (Å²) in [5.74, 6) is -1.19. The van der Waals surface area contributed by atoms with E-state index in [9.17, 15) is 9.59 Å². The summed E-state index contributed by atoms with van der Waals surface area (Å²) in [6.45, 7) is 17.0. The average Bonchev–Trinajstić information content (AvgIpc) is 2.74. The lowest BCUT2D eigenvalue weighted by Crippen LogP contribution is -2.59. The molecule has 3 aliphatic rings. The molecule has 0 bridgehead atoms. The molecule has 1 saturated carbocycles. The molecule has 2 aliphatic heterocycles. The highest BCUT2D eigenvalue weighted by molar-refractivity contribution is 5.90. The molecule has 6 nitrogen and oxygen atoms in total. The Morgan fingerprint density at radius 2 is 1.21 bits per heavy atom. The van der Waals surface area contributed by atoms with Gasteiger partial charge in [0.2, 0.25) is 0 Å². The van der Waals surface area contributed by atoms with Crippen LogP contribution in [0.3, 0.4) is 0 Å². The van der Waals surface area contributed by atoms with Crippen LogP contribution in [0.2, 0.25) is 0 Å². The largest absolute Gasteiger partial charge is 0.462 e. The topological polar surface area (TPSA) is 76.7 Å². The summed E-state index contributed by atoms with van der Waals surface area (Å²) in [5, 5.41) is 7.20. The maximum absolute atomic E-state index is 15.1. The third kappa shape index (κ3) is 7.81. The fourth-order valence-corrected chi connectivity index (χ4v) is 7.71. The lowest BCUT2D eigenvalue weighted by Gasteiger charge is -2.46. The van der Waals surface area contributed by atoms with Crippen LogP contribution in [0.4, 0.5) is 4.39 Å². The molecule has 0 aromatic heterocycles. The molecule has 0 radical (unpaired) electrons. The number of carbonyl (C=O) groups excluding carboxylic acids is 2. The number of hydrogen-bond donors (Lipinski definition) is 2. The maximum Gasteiger partial charge on any atom is 0.341 e. The first-order chi connectivity index (χ1) is 17.9. The van der Waals surface area contributed by atoms with E-state index in [4.69, 9.17) is 9.47 Å². The van der Waals surface area contributed by atoms with Crippen molar-refractivity contribution in [2.24, 2.45) is 5.92 Å². The van der Waals surface area contributed by atoms with Crippen LogP contribution >= 0.6 is 0 Å². The van der Waals surface area contributed by atoms with Crippen molar-refractivity contribution < 1.29 is 23.5 Å². The third-order valence-electron chi connectivity index (χ3n) is 8.61. The number of hydrogen-bond acceptors (Lipinski definition) is 6. The highest BCUT2D eigenvalue weighted by Crippen LogP contribution is 2.38. The first-order valence-electron chi connectivity index (χ1n) is 14.7.